The van der Waals surface area contributed by atoms with Crippen molar-refractivity contribution in [1.82, 2.24) is 5.01 Å². The second-order valence-electron chi connectivity index (χ2n) is 6.42. The van der Waals surface area contributed by atoms with Gasteiger partial charge in [-0.2, -0.15) is 5.01 Å². The topological polar surface area (TPSA) is 94.3 Å². The van der Waals surface area contributed by atoms with E-state index in [0.29, 0.717) is 11.3 Å². The largest absolute Gasteiger partial charge is 0.496 e. The zero-order chi connectivity index (χ0) is 20.5. The summed E-state index contributed by atoms with van der Waals surface area (Å²) in [5.74, 6) is 0.373. The van der Waals surface area contributed by atoms with Crippen LogP contribution in [0.3, 0.4) is 0 Å². The molecule has 3 aromatic carbocycles. The summed E-state index contributed by atoms with van der Waals surface area (Å²) < 4.78 is 11.4. The van der Waals surface area contributed by atoms with Crippen molar-refractivity contribution in [2.45, 2.75) is 13.2 Å². The average Bonchev–Trinajstić information content (AvgIpc) is 3.18. The predicted molar refractivity (Wildman–Crippen MR) is 106 cm³/mol. The van der Waals surface area contributed by atoms with Crippen molar-refractivity contribution in [3.05, 3.63) is 81.9 Å². The normalized spacial score (nSPS) is 15.7. The number of amides is 1. The summed E-state index contributed by atoms with van der Waals surface area (Å²) in [5, 5.41) is 18.5. The summed E-state index contributed by atoms with van der Waals surface area (Å²) in [6.07, 6.45) is -0.849. The second kappa shape index (κ2) is 7.23. The summed E-state index contributed by atoms with van der Waals surface area (Å²) in [5.41, 5.74) is 0.771. The first-order valence-corrected chi connectivity index (χ1v) is 8.85. The second-order valence-corrected chi connectivity index (χ2v) is 6.42. The highest BCUT2D eigenvalue weighted by atomic mass is 16.6. The number of nitro groups is 1. The van der Waals surface area contributed by atoms with Gasteiger partial charge in [0, 0.05) is 23.9 Å². The molecule has 1 aliphatic rings. The van der Waals surface area contributed by atoms with Gasteiger partial charge in [0.05, 0.1) is 12.0 Å². The van der Waals surface area contributed by atoms with E-state index in [0.717, 1.165) is 10.8 Å². The monoisotopic (exact) mass is 391 g/mol. The minimum Gasteiger partial charge on any atom is -0.496 e. The summed E-state index contributed by atoms with van der Waals surface area (Å²) >= 11 is 0. The molecule has 1 unspecified atom stereocenters. The lowest BCUT2D eigenvalue weighted by Gasteiger charge is -2.21. The highest BCUT2D eigenvalue weighted by Gasteiger charge is 2.36. The molecule has 1 aliphatic heterocycles. The molecule has 146 valence electrons. The molecular weight excluding hydrogens is 374 g/mol. The molecule has 0 N–H and O–H groups in total. The number of methoxy groups -OCH3 is 1. The van der Waals surface area contributed by atoms with Gasteiger partial charge < -0.3 is 9.47 Å². The number of carbonyl (C=O) groups is 1. The van der Waals surface area contributed by atoms with Gasteiger partial charge in [0.1, 0.15) is 11.3 Å². The maximum atomic E-state index is 12.3. The third kappa shape index (κ3) is 3.14. The zero-order valence-electron chi connectivity index (χ0n) is 15.7. The van der Waals surface area contributed by atoms with E-state index in [-0.39, 0.29) is 23.1 Å². The van der Waals surface area contributed by atoms with Gasteiger partial charge >= 0.3 is 0 Å². The Morgan fingerprint density at radius 1 is 1.10 bits per heavy atom. The summed E-state index contributed by atoms with van der Waals surface area (Å²) in [6, 6.07) is 17.3. The third-order valence-corrected chi connectivity index (χ3v) is 4.70. The van der Waals surface area contributed by atoms with Crippen LogP contribution in [0.5, 0.6) is 5.75 Å². The molecule has 0 bridgehead atoms. The Morgan fingerprint density at radius 3 is 2.48 bits per heavy atom. The van der Waals surface area contributed by atoms with Gasteiger partial charge in [0.2, 0.25) is 18.0 Å². The lowest BCUT2D eigenvalue weighted by atomic mass is 10.0. The number of rotatable bonds is 4. The van der Waals surface area contributed by atoms with Crippen LogP contribution in [-0.4, -0.2) is 28.8 Å². The molecule has 0 radical (unpaired) electrons. The van der Waals surface area contributed by atoms with E-state index < -0.39 is 11.2 Å². The first-order valence-electron chi connectivity index (χ1n) is 8.85. The van der Waals surface area contributed by atoms with Gasteiger partial charge in [0.15, 0.2) is 0 Å². The van der Waals surface area contributed by atoms with Crippen LogP contribution < -0.4 is 4.74 Å². The Morgan fingerprint density at radius 2 is 1.79 bits per heavy atom. The molecule has 1 atom stereocenters. The highest BCUT2D eigenvalue weighted by Crippen LogP contribution is 2.38. The number of nitro benzene ring substituents is 1. The number of nitrogens with zero attached hydrogens (tertiary/aromatic N) is 3. The molecule has 8 heteroatoms. The minimum absolute atomic E-state index is 0.0254. The van der Waals surface area contributed by atoms with E-state index in [1.54, 1.807) is 37.4 Å². The number of para-hydroxylation sites is 1. The fourth-order valence-electron chi connectivity index (χ4n) is 3.38. The number of ether oxygens (including phenoxy) is 2. The predicted octanol–water partition coefficient (Wildman–Crippen LogP) is 4.00. The third-order valence-electron chi connectivity index (χ3n) is 4.70. The molecule has 0 fully saturated rings. The van der Waals surface area contributed by atoms with E-state index in [1.807, 2.05) is 24.3 Å². The van der Waals surface area contributed by atoms with E-state index in [9.17, 15) is 14.9 Å². The maximum Gasteiger partial charge on any atom is 0.282 e. The minimum atomic E-state index is -0.849. The Bertz CT molecular complexity index is 1160. The van der Waals surface area contributed by atoms with Gasteiger partial charge in [-0.15, -0.1) is 5.10 Å². The van der Waals surface area contributed by atoms with Crippen LogP contribution in [0.25, 0.3) is 10.8 Å². The first-order chi connectivity index (χ1) is 14.0. The van der Waals surface area contributed by atoms with Gasteiger partial charge in [-0.25, -0.2) is 0 Å². The van der Waals surface area contributed by atoms with Crippen LogP contribution >= 0.6 is 0 Å². The van der Waals surface area contributed by atoms with Crippen molar-refractivity contribution in [2.24, 2.45) is 5.10 Å². The number of hydrazone groups is 1. The SMILES string of the molecule is COc1ccc(C2OC(c3ccccc3[N+](=O)[O-])=NN2C(C)=O)c2ccccc12. The summed E-state index contributed by atoms with van der Waals surface area (Å²) in [6.45, 7) is 1.37. The van der Waals surface area contributed by atoms with Gasteiger partial charge in [0.25, 0.3) is 5.69 Å². The van der Waals surface area contributed by atoms with Crippen molar-refractivity contribution in [1.29, 1.82) is 0 Å². The summed E-state index contributed by atoms with van der Waals surface area (Å²) in [7, 11) is 1.59. The molecule has 4 rings (SSSR count). The number of fused-ring (bicyclic) bond motifs is 1. The molecule has 1 heterocycles. The van der Waals surface area contributed by atoms with Crippen molar-refractivity contribution >= 4 is 28.3 Å². The molecule has 3 aromatic rings. The molecule has 0 saturated heterocycles. The lowest BCUT2D eigenvalue weighted by Crippen LogP contribution is -2.25. The fraction of sp³-hybridized carbons (Fsp3) is 0.143. The van der Waals surface area contributed by atoms with Crippen LogP contribution in [0.15, 0.2) is 65.8 Å². The van der Waals surface area contributed by atoms with Crippen LogP contribution in [0, 0.1) is 10.1 Å². The Labute approximate surface area is 166 Å². The molecule has 0 spiro atoms. The van der Waals surface area contributed by atoms with E-state index in [4.69, 9.17) is 9.47 Å². The molecule has 1 amide bonds. The number of hydrogen-bond acceptors (Lipinski definition) is 6. The van der Waals surface area contributed by atoms with E-state index in [1.165, 1.54) is 18.0 Å². The standard InChI is InChI=1S/C21H17N3O5/c1-13(25)23-21(16-11-12-19(28-2)15-8-4-3-7-14(15)16)29-20(22-23)17-9-5-6-10-18(17)24(26)27/h3-12,21H,1-2H3. The first kappa shape index (κ1) is 18.4. The quantitative estimate of drug-likeness (QED) is 0.495. The Hall–Kier alpha value is -3.94. The smallest absolute Gasteiger partial charge is 0.282 e. The van der Waals surface area contributed by atoms with Crippen molar-refractivity contribution in [3.63, 3.8) is 0 Å². The van der Waals surface area contributed by atoms with Crippen LogP contribution in [0.4, 0.5) is 5.69 Å². The average molecular weight is 391 g/mol. The molecule has 0 saturated carbocycles. The number of hydrogen-bond donors (Lipinski definition) is 0. The van der Waals surface area contributed by atoms with E-state index >= 15 is 0 Å². The fourth-order valence-corrected chi connectivity index (χ4v) is 3.38. The zero-order valence-corrected chi connectivity index (χ0v) is 15.7. The van der Waals surface area contributed by atoms with E-state index in [2.05, 4.69) is 5.10 Å². The van der Waals surface area contributed by atoms with Crippen LogP contribution in [0.1, 0.15) is 24.3 Å². The molecule has 29 heavy (non-hydrogen) atoms. The molecule has 8 nitrogen and oxygen atoms in total. The lowest BCUT2D eigenvalue weighted by molar-refractivity contribution is -0.385. The van der Waals surface area contributed by atoms with Gasteiger partial charge in [-0.1, -0.05) is 36.4 Å². The molecular formula is C21H17N3O5. The Balaban J connectivity index is 1.83. The van der Waals surface area contributed by atoms with Crippen molar-refractivity contribution in [3.8, 4) is 5.75 Å². The van der Waals surface area contributed by atoms with Crippen molar-refractivity contribution in [2.75, 3.05) is 7.11 Å². The number of carbonyl (C=O) groups excluding carboxylic acids is 1. The maximum absolute atomic E-state index is 12.3. The molecule has 0 aromatic heterocycles. The van der Waals surface area contributed by atoms with Crippen LogP contribution in [0.2, 0.25) is 0 Å². The van der Waals surface area contributed by atoms with Gasteiger partial charge in [-0.3, -0.25) is 14.9 Å². The number of benzene rings is 3. The van der Waals surface area contributed by atoms with Gasteiger partial charge in [-0.05, 0) is 23.6 Å². The van der Waals surface area contributed by atoms with Crippen LogP contribution in [-0.2, 0) is 9.53 Å². The molecule has 0 aliphatic carbocycles. The Kier molecular flexibility index (Phi) is 4.59. The van der Waals surface area contributed by atoms with Crippen molar-refractivity contribution < 1.29 is 19.2 Å². The summed E-state index contributed by atoms with van der Waals surface area (Å²) in [4.78, 5) is 23.2. The highest BCUT2D eigenvalue weighted by molar-refractivity contribution is 6.00.